The first-order chi connectivity index (χ1) is 7.72. The van der Waals surface area contributed by atoms with Gasteiger partial charge in [0.15, 0.2) is 5.34 Å². The van der Waals surface area contributed by atoms with E-state index in [1.165, 1.54) is 37.1 Å². The summed E-state index contributed by atoms with van der Waals surface area (Å²) in [7, 11) is 0. The molecule has 0 amide bonds. The highest BCUT2D eigenvalue weighted by Crippen LogP contribution is 2.04. The Labute approximate surface area is 96.4 Å². The highest BCUT2D eigenvalue weighted by Gasteiger charge is 1.94. The molecule has 0 aromatic carbocycles. The molecule has 0 aliphatic carbocycles. The molecule has 0 atom stereocenters. The van der Waals surface area contributed by atoms with Gasteiger partial charge in [-0.25, -0.2) is 4.79 Å². The molecule has 0 aliphatic heterocycles. The molecular formula is C11H21NO4. The third-order valence-corrected chi connectivity index (χ3v) is 1.91. The number of hydrogen-bond donors (Lipinski definition) is 1. The zero-order valence-corrected chi connectivity index (χ0v) is 9.85. The molecule has 0 unspecified atom stereocenters. The molecule has 0 aromatic heterocycles. The summed E-state index contributed by atoms with van der Waals surface area (Å²) in [6.45, 7) is 6.06. The molecule has 1 N–H and O–H groups in total. The maximum Gasteiger partial charge on any atom is 0.330 e. The summed E-state index contributed by atoms with van der Waals surface area (Å²) in [6.07, 6.45) is 8.47. The summed E-state index contributed by atoms with van der Waals surface area (Å²) in [4.78, 5) is 18.7. The molecule has 0 fully saturated rings. The van der Waals surface area contributed by atoms with Crippen LogP contribution in [0.1, 0.15) is 45.4 Å². The third-order valence-electron chi connectivity index (χ3n) is 1.91. The van der Waals surface area contributed by atoms with Crippen LogP contribution in [0, 0.1) is 4.91 Å². The van der Waals surface area contributed by atoms with Crippen molar-refractivity contribution in [2.24, 2.45) is 5.34 Å². The molecule has 0 saturated carbocycles. The van der Waals surface area contributed by atoms with Gasteiger partial charge in [0.05, 0.1) is 6.61 Å². The van der Waals surface area contributed by atoms with Crippen LogP contribution in [0.4, 0.5) is 0 Å². The van der Waals surface area contributed by atoms with E-state index in [1.54, 1.807) is 0 Å². The summed E-state index contributed by atoms with van der Waals surface area (Å²) >= 11 is 0. The number of carbonyl (C=O) groups is 1. The molecule has 0 spiro atoms. The minimum absolute atomic E-state index is 0.312. The number of hydrogen-bond acceptors (Lipinski definition) is 4. The second-order valence-corrected chi connectivity index (χ2v) is 3.22. The minimum Gasteiger partial charge on any atom is -0.463 e. The fourth-order valence-electron chi connectivity index (χ4n) is 1.11. The number of carbonyl (C=O) groups excluding carboxylic acids is 1. The number of rotatable bonds is 8. The zero-order valence-electron chi connectivity index (χ0n) is 9.85. The number of ether oxygens (including phenoxy) is 1. The van der Waals surface area contributed by atoms with E-state index < -0.39 is 0 Å². The maximum atomic E-state index is 10.6. The van der Waals surface area contributed by atoms with E-state index in [-0.39, 0.29) is 5.97 Å². The maximum absolute atomic E-state index is 10.6. The van der Waals surface area contributed by atoms with Crippen molar-refractivity contribution in [3.8, 4) is 0 Å². The standard InChI is InChI=1S/C11H20O2.HNO2/c1-3-5-6-7-8-9-10-13-11(12)4-2;2-1-3/h4H,2-3,5-10H2,1H3;(H,2,3). The summed E-state index contributed by atoms with van der Waals surface area (Å²) in [5.41, 5.74) is 0. The SMILES string of the molecule is C=CC(=O)OCCCCCCCC.O=NO. The van der Waals surface area contributed by atoms with Gasteiger partial charge in [0.1, 0.15) is 0 Å². The van der Waals surface area contributed by atoms with E-state index in [0.29, 0.717) is 6.61 Å². The van der Waals surface area contributed by atoms with Crippen molar-refractivity contribution in [2.45, 2.75) is 45.4 Å². The molecule has 0 radical (unpaired) electrons. The molecule has 94 valence electrons. The Morgan fingerprint density at radius 2 is 1.81 bits per heavy atom. The predicted octanol–water partition coefficient (Wildman–Crippen LogP) is 3.22. The van der Waals surface area contributed by atoms with Gasteiger partial charge in [-0.2, -0.15) is 0 Å². The lowest BCUT2D eigenvalue weighted by Crippen LogP contribution is -2.01. The van der Waals surface area contributed by atoms with Crippen LogP contribution >= 0.6 is 0 Å². The van der Waals surface area contributed by atoms with Crippen LogP contribution < -0.4 is 0 Å². The molecule has 5 nitrogen and oxygen atoms in total. The molecular weight excluding hydrogens is 210 g/mol. The van der Waals surface area contributed by atoms with Crippen molar-refractivity contribution in [3.63, 3.8) is 0 Å². The van der Waals surface area contributed by atoms with Gasteiger partial charge in [-0.3, -0.25) is 0 Å². The van der Waals surface area contributed by atoms with E-state index >= 15 is 0 Å². The van der Waals surface area contributed by atoms with Gasteiger partial charge in [-0.1, -0.05) is 45.6 Å². The normalized spacial score (nSPS) is 8.56. The summed E-state index contributed by atoms with van der Waals surface area (Å²) in [5, 5.41) is 7.89. The molecule has 0 saturated heterocycles. The summed E-state index contributed by atoms with van der Waals surface area (Å²) < 4.78 is 4.84. The number of esters is 1. The Morgan fingerprint density at radius 3 is 2.31 bits per heavy atom. The van der Waals surface area contributed by atoms with Crippen molar-refractivity contribution in [1.29, 1.82) is 0 Å². The summed E-state index contributed by atoms with van der Waals surface area (Å²) in [6, 6.07) is 0. The third kappa shape index (κ3) is 18.4. The first kappa shape index (κ1) is 17.0. The Kier molecular flexibility index (Phi) is 17.1. The summed E-state index contributed by atoms with van der Waals surface area (Å²) in [5.74, 6) is -0.312. The Balaban J connectivity index is 0. The molecule has 0 rings (SSSR count). The lowest BCUT2D eigenvalue weighted by Gasteiger charge is -2.01. The van der Waals surface area contributed by atoms with Crippen LogP contribution in [0.3, 0.4) is 0 Å². The smallest absolute Gasteiger partial charge is 0.330 e. The van der Waals surface area contributed by atoms with Crippen molar-refractivity contribution >= 4 is 5.97 Å². The van der Waals surface area contributed by atoms with Gasteiger partial charge in [0, 0.05) is 6.08 Å². The quantitative estimate of drug-likeness (QED) is 0.229. The lowest BCUT2D eigenvalue weighted by atomic mass is 10.1. The van der Waals surface area contributed by atoms with Crippen LogP contribution in [-0.2, 0) is 9.53 Å². The van der Waals surface area contributed by atoms with Gasteiger partial charge in [0.25, 0.3) is 0 Å². The van der Waals surface area contributed by atoms with Gasteiger partial charge in [-0.15, -0.1) is 4.91 Å². The Hall–Kier alpha value is -1.39. The van der Waals surface area contributed by atoms with Gasteiger partial charge < -0.3 is 9.94 Å². The molecule has 16 heavy (non-hydrogen) atoms. The zero-order chi connectivity index (χ0) is 12.6. The van der Waals surface area contributed by atoms with Crippen LogP contribution in [0.5, 0.6) is 0 Å². The second-order valence-electron chi connectivity index (χ2n) is 3.22. The van der Waals surface area contributed by atoms with Crippen LogP contribution in [0.2, 0.25) is 0 Å². The van der Waals surface area contributed by atoms with Gasteiger partial charge >= 0.3 is 5.97 Å². The van der Waals surface area contributed by atoms with Crippen LogP contribution in [0.25, 0.3) is 0 Å². The predicted molar refractivity (Wildman–Crippen MR) is 62.1 cm³/mol. The molecule has 0 aliphatic rings. The Bertz CT molecular complexity index is 183. The van der Waals surface area contributed by atoms with Crippen molar-refractivity contribution in [3.05, 3.63) is 17.6 Å². The molecule has 0 aromatic rings. The Morgan fingerprint density at radius 1 is 1.31 bits per heavy atom. The van der Waals surface area contributed by atoms with Gasteiger partial charge in [-0.05, 0) is 6.42 Å². The lowest BCUT2D eigenvalue weighted by molar-refractivity contribution is -0.137. The van der Waals surface area contributed by atoms with Crippen LogP contribution in [0.15, 0.2) is 18.0 Å². The number of nitrogens with zero attached hydrogens (tertiary/aromatic N) is 1. The molecule has 0 heterocycles. The van der Waals surface area contributed by atoms with Crippen LogP contribution in [-0.4, -0.2) is 17.8 Å². The average molecular weight is 231 g/mol. The monoisotopic (exact) mass is 231 g/mol. The number of unbranched alkanes of at least 4 members (excludes halogenated alkanes) is 5. The first-order valence-corrected chi connectivity index (χ1v) is 5.48. The topological polar surface area (TPSA) is 76.0 Å². The van der Waals surface area contributed by atoms with E-state index in [2.05, 4.69) is 13.5 Å². The second kappa shape index (κ2) is 16.1. The van der Waals surface area contributed by atoms with Crippen molar-refractivity contribution in [2.75, 3.05) is 6.61 Å². The highest BCUT2D eigenvalue weighted by molar-refractivity contribution is 5.81. The highest BCUT2D eigenvalue weighted by atomic mass is 16.6. The van der Waals surface area contributed by atoms with E-state index in [9.17, 15) is 4.79 Å². The first-order valence-electron chi connectivity index (χ1n) is 5.48. The average Bonchev–Trinajstić information content (AvgIpc) is 2.28. The fraction of sp³-hybridized carbons (Fsp3) is 0.727. The molecule has 0 bridgehead atoms. The molecule has 5 heteroatoms. The van der Waals surface area contributed by atoms with E-state index in [1.807, 2.05) is 0 Å². The van der Waals surface area contributed by atoms with Crippen molar-refractivity contribution < 1.29 is 14.7 Å². The van der Waals surface area contributed by atoms with Crippen molar-refractivity contribution in [1.82, 2.24) is 0 Å². The van der Waals surface area contributed by atoms with Gasteiger partial charge in [0.2, 0.25) is 0 Å². The fourth-order valence-corrected chi connectivity index (χ4v) is 1.11. The largest absolute Gasteiger partial charge is 0.463 e. The minimum atomic E-state index is -0.312. The van der Waals surface area contributed by atoms with E-state index in [4.69, 9.17) is 14.9 Å². The van der Waals surface area contributed by atoms with E-state index in [0.717, 1.165) is 12.8 Å².